The zero-order valence-electron chi connectivity index (χ0n) is 6.34. The summed E-state index contributed by atoms with van der Waals surface area (Å²) >= 11 is 0. The maximum absolute atomic E-state index is 10.5. The quantitative estimate of drug-likeness (QED) is 0.733. The van der Waals surface area contributed by atoms with Crippen molar-refractivity contribution in [1.29, 1.82) is 0 Å². The molecule has 0 aliphatic heterocycles. The van der Waals surface area contributed by atoms with Crippen molar-refractivity contribution in [3.63, 3.8) is 0 Å². The van der Waals surface area contributed by atoms with E-state index in [1.165, 1.54) is 6.08 Å². The average molecular weight is 223 g/mol. The third-order valence-corrected chi connectivity index (χ3v) is 1.77. The summed E-state index contributed by atoms with van der Waals surface area (Å²) in [5.74, 6) is 0. The van der Waals surface area contributed by atoms with Crippen LogP contribution in [0.25, 0.3) is 6.08 Å². The first-order valence-electron chi connectivity index (χ1n) is 3.34. The van der Waals surface area contributed by atoms with Crippen LogP contribution < -0.4 is 5.14 Å². The van der Waals surface area contributed by atoms with E-state index < -0.39 is 10.0 Å². The molecule has 5 heteroatoms. The molecule has 3 nitrogen and oxygen atoms in total. The van der Waals surface area contributed by atoms with E-state index in [0.717, 1.165) is 11.0 Å². The summed E-state index contributed by atoms with van der Waals surface area (Å²) in [5, 5.41) is 5.74. The summed E-state index contributed by atoms with van der Waals surface area (Å²) in [6.45, 7) is 0. The number of hydrogen-bond donors (Lipinski definition) is 1. The van der Waals surface area contributed by atoms with Gasteiger partial charge in [-0.2, -0.15) is 0 Å². The topological polar surface area (TPSA) is 60.2 Å². The molecule has 2 N–H and O–H groups in total. The van der Waals surface area contributed by atoms with Crippen LogP contribution in [0, 0.1) is 0 Å². The van der Waals surface area contributed by atoms with Crippen LogP contribution in [-0.2, 0) is 10.0 Å². The Morgan fingerprint density at radius 2 is 1.69 bits per heavy atom. The Bertz CT molecular complexity index is 372. The van der Waals surface area contributed by atoms with Gasteiger partial charge in [-0.15, -0.1) is 0 Å². The van der Waals surface area contributed by atoms with E-state index in [1.807, 2.05) is 18.2 Å². The molecule has 0 aliphatic rings. The molecular formula is C8H10KNO2S. The van der Waals surface area contributed by atoms with Gasteiger partial charge in [-0.3, -0.25) is 0 Å². The maximum atomic E-state index is 10.5. The Hall–Kier alpha value is 0.506. The van der Waals surface area contributed by atoms with Gasteiger partial charge in [0.05, 0.1) is 0 Å². The Morgan fingerprint density at radius 1 is 1.15 bits per heavy atom. The molecule has 0 aromatic heterocycles. The summed E-state index contributed by atoms with van der Waals surface area (Å²) in [7, 11) is -3.50. The summed E-state index contributed by atoms with van der Waals surface area (Å²) in [6.07, 6.45) is 1.45. The van der Waals surface area contributed by atoms with Gasteiger partial charge in [-0.1, -0.05) is 30.3 Å². The number of rotatable bonds is 2. The molecule has 1 rings (SSSR count). The fourth-order valence-corrected chi connectivity index (χ4v) is 1.08. The fourth-order valence-electron chi connectivity index (χ4n) is 0.738. The second-order valence-electron chi connectivity index (χ2n) is 2.30. The van der Waals surface area contributed by atoms with Gasteiger partial charge < -0.3 is 0 Å². The van der Waals surface area contributed by atoms with Crippen molar-refractivity contribution in [3.8, 4) is 0 Å². The van der Waals surface area contributed by atoms with Crippen molar-refractivity contribution in [2.75, 3.05) is 0 Å². The summed E-state index contributed by atoms with van der Waals surface area (Å²) < 4.78 is 21.0. The molecule has 0 fully saturated rings. The molecule has 1 aromatic rings. The van der Waals surface area contributed by atoms with Crippen molar-refractivity contribution in [2.24, 2.45) is 5.14 Å². The summed E-state index contributed by atoms with van der Waals surface area (Å²) in [6, 6.07) is 9.09. The zero-order chi connectivity index (χ0) is 9.03. The van der Waals surface area contributed by atoms with Crippen molar-refractivity contribution in [1.82, 2.24) is 0 Å². The van der Waals surface area contributed by atoms with Crippen LogP contribution in [0.15, 0.2) is 35.7 Å². The van der Waals surface area contributed by atoms with Gasteiger partial charge in [0.2, 0.25) is 10.0 Å². The van der Waals surface area contributed by atoms with E-state index >= 15 is 0 Å². The van der Waals surface area contributed by atoms with Gasteiger partial charge in [0.15, 0.2) is 0 Å². The molecule has 0 heterocycles. The van der Waals surface area contributed by atoms with Crippen molar-refractivity contribution in [3.05, 3.63) is 41.3 Å². The van der Waals surface area contributed by atoms with Gasteiger partial charge in [-0.25, -0.2) is 13.6 Å². The molecule has 0 saturated heterocycles. The van der Waals surface area contributed by atoms with E-state index in [-0.39, 0.29) is 51.4 Å². The van der Waals surface area contributed by atoms with E-state index in [2.05, 4.69) is 0 Å². The van der Waals surface area contributed by atoms with E-state index in [9.17, 15) is 8.42 Å². The van der Waals surface area contributed by atoms with Crippen LogP contribution in [0.2, 0.25) is 0 Å². The van der Waals surface area contributed by atoms with E-state index in [1.54, 1.807) is 12.1 Å². The number of primary sulfonamides is 1. The van der Waals surface area contributed by atoms with E-state index in [4.69, 9.17) is 5.14 Å². The van der Waals surface area contributed by atoms with Crippen LogP contribution in [-0.4, -0.2) is 59.8 Å². The van der Waals surface area contributed by atoms with Crippen molar-refractivity contribution < 1.29 is 8.42 Å². The van der Waals surface area contributed by atoms with Crippen molar-refractivity contribution in [2.45, 2.75) is 0 Å². The molecule has 0 saturated carbocycles. The minimum absolute atomic E-state index is 0. The first-order valence-corrected chi connectivity index (χ1v) is 4.95. The van der Waals surface area contributed by atoms with E-state index in [0.29, 0.717) is 0 Å². The Kier molecular flexibility index (Phi) is 6.31. The molecule has 0 bridgehead atoms. The van der Waals surface area contributed by atoms with Gasteiger partial charge in [-0.05, 0) is 11.6 Å². The summed E-state index contributed by atoms with van der Waals surface area (Å²) in [4.78, 5) is 0. The van der Waals surface area contributed by atoms with Crippen LogP contribution in [0.3, 0.4) is 0 Å². The Morgan fingerprint density at radius 3 is 2.15 bits per heavy atom. The normalized spacial score (nSPS) is 11.2. The van der Waals surface area contributed by atoms with Gasteiger partial charge >= 0.3 is 51.4 Å². The fraction of sp³-hybridized carbons (Fsp3) is 0. The molecule has 1 aromatic carbocycles. The molecule has 0 radical (unpaired) electrons. The average Bonchev–Trinajstić information content (AvgIpc) is 2.02. The van der Waals surface area contributed by atoms with Crippen LogP contribution >= 0.6 is 0 Å². The minimum atomic E-state index is -3.50. The monoisotopic (exact) mass is 223 g/mol. The predicted octanol–water partition coefficient (Wildman–Crippen LogP) is 0.297. The third-order valence-electron chi connectivity index (χ3n) is 1.25. The molecule has 0 spiro atoms. The standard InChI is InChI=1S/C8H9NO2S.K.H/c9-12(10,11)7-6-8-4-2-1-3-5-8;;/h1-7H,(H2,9,10,11);;/b7-6+;;. The second kappa shape index (κ2) is 6.08. The molecule has 13 heavy (non-hydrogen) atoms. The SMILES string of the molecule is NS(=O)(=O)/C=C/c1ccccc1.[KH]. The Balaban J connectivity index is 0.00000144. The van der Waals surface area contributed by atoms with Gasteiger partial charge in [0.25, 0.3) is 0 Å². The Labute approximate surface area is 120 Å². The van der Waals surface area contributed by atoms with Crippen LogP contribution in [0.5, 0.6) is 0 Å². The molecule has 0 amide bonds. The van der Waals surface area contributed by atoms with Gasteiger partial charge in [0, 0.05) is 5.41 Å². The molecular weight excluding hydrogens is 213 g/mol. The predicted molar refractivity (Wildman–Crippen MR) is 55.7 cm³/mol. The first kappa shape index (κ1) is 13.5. The zero-order valence-corrected chi connectivity index (χ0v) is 7.16. The van der Waals surface area contributed by atoms with Crippen LogP contribution in [0.4, 0.5) is 0 Å². The molecule has 0 atom stereocenters. The third kappa shape index (κ3) is 6.56. The summed E-state index contributed by atoms with van der Waals surface area (Å²) in [5.41, 5.74) is 0.812. The first-order chi connectivity index (χ1) is 5.58. The molecule has 66 valence electrons. The molecule has 0 aliphatic carbocycles. The number of nitrogens with two attached hydrogens (primary N) is 1. The second-order valence-corrected chi connectivity index (χ2v) is 3.75. The number of benzene rings is 1. The number of sulfonamides is 1. The number of hydrogen-bond acceptors (Lipinski definition) is 2. The van der Waals surface area contributed by atoms with Crippen LogP contribution in [0.1, 0.15) is 5.56 Å². The van der Waals surface area contributed by atoms with Gasteiger partial charge in [0.1, 0.15) is 0 Å². The van der Waals surface area contributed by atoms with Crippen molar-refractivity contribution >= 4 is 67.5 Å². The molecule has 0 unspecified atom stereocenters.